The van der Waals surface area contributed by atoms with Crippen molar-refractivity contribution in [1.29, 1.82) is 0 Å². The molecule has 3 aromatic carbocycles. The highest BCUT2D eigenvalue weighted by Gasteiger charge is 2.16. The summed E-state index contributed by atoms with van der Waals surface area (Å²) in [6, 6.07) is 19.8. The number of sulfonamides is 1. The quantitative estimate of drug-likeness (QED) is 0.556. The Morgan fingerprint density at radius 1 is 1.00 bits per heavy atom. The maximum absolute atomic E-state index is 12.6. The van der Waals surface area contributed by atoms with E-state index in [4.69, 9.17) is 4.74 Å². The van der Waals surface area contributed by atoms with Crippen LogP contribution in [0.2, 0.25) is 0 Å². The molecule has 0 spiro atoms. The normalized spacial score (nSPS) is 12.6. The standard InChI is InChI=1S/C22H24N2O4S/c1-16(19-8-7-17-5-3-4-6-20(17)15-19)24-22(25)18-9-11-21(12-10-18)29(26,27)23-13-14-28-2/h3-12,15-16,23H,13-14H2,1-2H3,(H,24,25)/t16-/m0/s1. The van der Waals surface area contributed by atoms with Crippen molar-refractivity contribution in [3.05, 3.63) is 77.9 Å². The Labute approximate surface area is 170 Å². The number of nitrogens with one attached hydrogen (secondary N) is 2. The number of hydrogen-bond donors (Lipinski definition) is 2. The first kappa shape index (κ1) is 21.0. The molecule has 0 aliphatic rings. The van der Waals surface area contributed by atoms with Crippen molar-refractivity contribution in [3.63, 3.8) is 0 Å². The molecule has 152 valence electrons. The summed E-state index contributed by atoms with van der Waals surface area (Å²) < 4.78 is 31.7. The molecule has 29 heavy (non-hydrogen) atoms. The van der Waals surface area contributed by atoms with Gasteiger partial charge < -0.3 is 10.1 Å². The van der Waals surface area contributed by atoms with Gasteiger partial charge in [-0.2, -0.15) is 0 Å². The average molecular weight is 413 g/mol. The van der Waals surface area contributed by atoms with E-state index in [2.05, 4.69) is 16.1 Å². The zero-order valence-electron chi connectivity index (χ0n) is 16.4. The smallest absolute Gasteiger partial charge is 0.251 e. The highest BCUT2D eigenvalue weighted by atomic mass is 32.2. The van der Waals surface area contributed by atoms with Crippen molar-refractivity contribution in [2.24, 2.45) is 0 Å². The Morgan fingerprint density at radius 3 is 2.38 bits per heavy atom. The number of carbonyl (C=O) groups excluding carboxylic acids is 1. The summed E-state index contributed by atoms with van der Waals surface area (Å²) in [4.78, 5) is 12.7. The van der Waals surface area contributed by atoms with Gasteiger partial charge in [0.2, 0.25) is 10.0 Å². The Bertz CT molecular complexity index is 1100. The summed E-state index contributed by atoms with van der Waals surface area (Å²) in [5.74, 6) is -0.262. The SMILES string of the molecule is COCCNS(=O)(=O)c1ccc(C(=O)N[C@@H](C)c2ccc3ccccc3c2)cc1. The Morgan fingerprint density at radius 2 is 1.69 bits per heavy atom. The molecule has 3 aromatic rings. The molecule has 0 saturated heterocycles. The van der Waals surface area contributed by atoms with E-state index in [-0.39, 0.29) is 30.0 Å². The molecule has 6 nitrogen and oxygen atoms in total. The molecular weight excluding hydrogens is 388 g/mol. The number of fused-ring (bicyclic) bond motifs is 1. The first-order valence-corrected chi connectivity index (χ1v) is 10.8. The maximum atomic E-state index is 12.6. The highest BCUT2D eigenvalue weighted by molar-refractivity contribution is 7.89. The summed E-state index contributed by atoms with van der Waals surface area (Å²) in [5, 5.41) is 5.21. The van der Waals surface area contributed by atoms with Gasteiger partial charge in [0.15, 0.2) is 0 Å². The maximum Gasteiger partial charge on any atom is 0.251 e. The molecule has 2 N–H and O–H groups in total. The van der Waals surface area contributed by atoms with Crippen molar-refractivity contribution >= 4 is 26.7 Å². The molecular formula is C22H24N2O4S. The molecule has 1 amide bonds. The van der Waals surface area contributed by atoms with Crippen LogP contribution in [0.4, 0.5) is 0 Å². The number of carbonyl (C=O) groups is 1. The number of benzene rings is 3. The fraction of sp³-hybridized carbons (Fsp3) is 0.227. The highest BCUT2D eigenvalue weighted by Crippen LogP contribution is 2.21. The fourth-order valence-corrected chi connectivity index (χ4v) is 4.00. The lowest BCUT2D eigenvalue weighted by Gasteiger charge is -2.15. The number of methoxy groups -OCH3 is 1. The van der Waals surface area contributed by atoms with Gasteiger partial charge in [0.25, 0.3) is 5.91 Å². The third-order valence-corrected chi connectivity index (χ3v) is 6.12. The number of hydrogen-bond acceptors (Lipinski definition) is 4. The van der Waals surface area contributed by atoms with Crippen LogP contribution in [0.1, 0.15) is 28.9 Å². The van der Waals surface area contributed by atoms with Crippen LogP contribution < -0.4 is 10.0 Å². The molecule has 0 bridgehead atoms. The van der Waals surface area contributed by atoms with E-state index >= 15 is 0 Å². The molecule has 0 radical (unpaired) electrons. The molecule has 0 aromatic heterocycles. The van der Waals surface area contributed by atoms with Crippen molar-refractivity contribution in [2.75, 3.05) is 20.3 Å². The summed E-state index contributed by atoms with van der Waals surface area (Å²) in [7, 11) is -2.12. The van der Waals surface area contributed by atoms with Crippen molar-refractivity contribution in [1.82, 2.24) is 10.0 Å². The van der Waals surface area contributed by atoms with Gasteiger partial charge in [0.1, 0.15) is 0 Å². The van der Waals surface area contributed by atoms with Gasteiger partial charge in [-0.15, -0.1) is 0 Å². The van der Waals surface area contributed by atoms with E-state index in [1.54, 1.807) is 0 Å². The van der Waals surface area contributed by atoms with E-state index in [9.17, 15) is 13.2 Å². The average Bonchev–Trinajstić information content (AvgIpc) is 2.73. The summed E-state index contributed by atoms with van der Waals surface area (Å²) >= 11 is 0. The second-order valence-corrected chi connectivity index (χ2v) is 8.48. The molecule has 0 aliphatic carbocycles. The van der Waals surface area contributed by atoms with E-state index in [1.165, 1.54) is 31.4 Å². The predicted molar refractivity (Wildman–Crippen MR) is 113 cm³/mol. The zero-order valence-corrected chi connectivity index (χ0v) is 17.2. The Kier molecular flexibility index (Phi) is 6.64. The van der Waals surface area contributed by atoms with Gasteiger partial charge in [-0.1, -0.05) is 36.4 Å². The predicted octanol–water partition coefficient (Wildman–Crippen LogP) is 3.26. The van der Waals surface area contributed by atoms with Gasteiger partial charge in [-0.3, -0.25) is 4.79 Å². The third-order valence-electron chi connectivity index (χ3n) is 4.65. The van der Waals surface area contributed by atoms with Crippen LogP contribution in [0.5, 0.6) is 0 Å². The fourth-order valence-electron chi connectivity index (χ4n) is 2.99. The second-order valence-electron chi connectivity index (χ2n) is 6.72. The van der Waals surface area contributed by atoms with E-state index in [1.807, 2.05) is 43.3 Å². The van der Waals surface area contributed by atoms with Gasteiger partial charge in [0, 0.05) is 19.2 Å². The van der Waals surface area contributed by atoms with Crippen molar-refractivity contribution < 1.29 is 17.9 Å². The van der Waals surface area contributed by atoms with Gasteiger partial charge >= 0.3 is 0 Å². The zero-order chi connectivity index (χ0) is 20.9. The second kappa shape index (κ2) is 9.17. The van der Waals surface area contributed by atoms with Crippen LogP contribution in [0, 0.1) is 0 Å². The molecule has 3 rings (SSSR count). The van der Waals surface area contributed by atoms with Gasteiger partial charge in [-0.05, 0) is 53.6 Å². The lowest BCUT2D eigenvalue weighted by atomic mass is 10.0. The number of amides is 1. The number of rotatable bonds is 8. The van der Waals surface area contributed by atoms with Crippen LogP contribution >= 0.6 is 0 Å². The van der Waals surface area contributed by atoms with E-state index < -0.39 is 10.0 Å². The van der Waals surface area contributed by atoms with Crippen LogP contribution in [-0.2, 0) is 14.8 Å². The monoisotopic (exact) mass is 412 g/mol. The van der Waals surface area contributed by atoms with Gasteiger partial charge in [-0.25, -0.2) is 13.1 Å². The Balaban J connectivity index is 1.68. The van der Waals surface area contributed by atoms with E-state index in [0.29, 0.717) is 5.56 Å². The van der Waals surface area contributed by atoms with Crippen LogP contribution in [0.25, 0.3) is 10.8 Å². The number of ether oxygens (including phenoxy) is 1. The molecule has 0 saturated carbocycles. The minimum Gasteiger partial charge on any atom is -0.383 e. The molecule has 1 atom stereocenters. The topological polar surface area (TPSA) is 84.5 Å². The van der Waals surface area contributed by atoms with Crippen LogP contribution in [-0.4, -0.2) is 34.6 Å². The largest absolute Gasteiger partial charge is 0.383 e. The van der Waals surface area contributed by atoms with Crippen molar-refractivity contribution in [3.8, 4) is 0 Å². The van der Waals surface area contributed by atoms with Crippen LogP contribution in [0.3, 0.4) is 0 Å². The molecule has 7 heteroatoms. The molecule has 0 heterocycles. The molecule has 0 aliphatic heterocycles. The Hall–Kier alpha value is -2.74. The summed E-state index contributed by atoms with van der Waals surface area (Å²) in [6.07, 6.45) is 0. The van der Waals surface area contributed by atoms with Crippen LogP contribution in [0.15, 0.2) is 71.6 Å². The van der Waals surface area contributed by atoms with Gasteiger partial charge in [0.05, 0.1) is 17.5 Å². The lowest BCUT2D eigenvalue weighted by molar-refractivity contribution is 0.0940. The third kappa shape index (κ3) is 5.20. The minimum atomic E-state index is -3.62. The molecule has 0 fully saturated rings. The summed E-state index contributed by atoms with van der Waals surface area (Å²) in [6.45, 7) is 2.39. The molecule has 0 unspecified atom stereocenters. The first-order chi connectivity index (χ1) is 13.9. The first-order valence-electron chi connectivity index (χ1n) is 9.29. The van der Waals surface area contributed by atoms with Crippen molar-refractivity contribution in [2.45, 2.75) is 17.9 Å². The summed E-state index contributed by atoms with van der Waals surface area (Å²) in [5.41, 5.74) is 1.40. The lowest BCUT2D eigenvalue weighted by Crippen LogP contribution is -2.28. The minimum absolute atomic E-state index is 0.104. The van der Waals surface area contributed by atoms with E-state index in [0.717, 1.165) is 16.3 Å².